The quantitative estimate of drug-likeness (QED) is 0.526. The summed E-state index contributed by atoms with van der Waals surface area (Å²) in [5.74, 6) is -0.284. The molecule has 0 bridgehead atoms. The summed E-state index contributed by atoms with van der Waals surface area (Å²) in [5, 5.41) is 0. The highest BCUT2D eigenvalue weighted by molar-refractivity contribution is 6.42. The number of esters is 1. The van der Waals surface area contributed by atoms with E-state index in [1.54, 1.807) is 11.8 Å². The van der Waals surface area contributed by atoms with Gasteiger partial charge in [0.1, 0.15) is 0 Å². The summed E-state index contributed by atoms with van der Waals surface area (Å²) in [6, 6.07) is 0. The SMILES string of the molecule is CCOC(=O)C1CCN(CB(F)F)CC1. The maximum absolute atomic E-state index is 12.1. The molecule has 1 saturated heterocycles. The van der Waals surface area contributed by atoms with Gasteiger partial charge in [0.25, 0.3) is 0 Å². The van der Waals surface area contributed by atoms with E-state index in [9.17, 15) is 13.4 Å². The molecule has 0 aromatic heterocycles. The van der Waals surface area contributed by atoms with Crippen LogP contribution in [0.5, 0.6) is 0 Å². The van der Waals surface area contributed by atoms with Gasteiger partial charge in [0.15, 0.2) is 0 Å². The number of likely N-dealkylation sites (tertiary alicyclic amines) is 1. The summed E-state index contributed by atoms with van der Waals surface area (Å²) in [4.78, 5) is 13.0. The Morgan fingerprint density at radius 3 is 2.53 bits per heavy atom. The lowest BCUT2D eigenvalue weighted by Crippen LogP contribution is -2.40. The number of hydrogen-bond donors (Lipinski definition) is 0. The molecule has 3 nitrogen and oxygen atoms in total. The third kappa shape index (κ3) is 4.16. The van der Waals surface area contributed by atoms with Crippen molar-refractivity contribution < 1.29 is 18.2 Å². The first kappa shape index (κ1) is 12.4. The molecule has 0 amide bonds. The second-order valence-electron chi connectivity index (χ2n) is 3.72. The molecule has 0 aromatic rings. The van der Waals surface area contributed by atoms with Crippen LogP contribution in [0.4, 0.5) is 8.63 Å². The molecule has 0 radical (unpaired) electrons. The Labute approximate surface area is 88.9 Å². The molecule has 0 saturated carbocycles. The van der Waals surface area contributed by atoms with Crippen LogP contribution in [0.2, 0.25) is 0 Å². The van der Waals surface area contributed by atoms with E-state index < -0.39 is 7.27 Å². The number of hydrogen-bond acceptors (Lipinski definition) is 3. The van der Waals surface area contributed by atoms with Crippen molar-refractivity contribution in [1.29, 1.82) is 0 Å². The van der Waals surface area contributed by atoms with Crippen LogP contribution < -0.4 is 0 Å². The Hall–Kier alpha value is -0.645. The fourth-order valence-electron chi connectivity index (χ4n) is 1.81. The minimum Gasteiger partial charge on any atom is -0.466 e. The second kappa shape index (κ2) is 6.05. The van der Waals surface area contributed by atoms with Crippen molar-refractivity contribution in [3.63, 3.8) is 0 Å². The van der Waals surface area contributed by atoms with Crippen molar-refractivity contribution in [2.24, 2.45) is 5.92 Å². The van der Waals surface area contributed by atoms with E-state index in [0.29, 0.717) is 32.5 Å². The fourth-order valence-corrected chi connectivity index (χ4v) is 1.81. The molecule has 1 aliphatic heterocycles. The predicted molar refractivity (Wildman–Crippen MR) is 53.8 cm³/mol. The zero-order valence-electron chi connectivity index (χ0n) is 8.92. The number of piperidine rings is 1. The number of ether oxygens (including phenoxy) is 1. The van der Waals surface area contributed by atoms with Gasteiger partial charge in [-0.25, -0.2) is 0 Å². The van der Waals surface area contributed by atoms with E-state index in [0.717, 1.165) is 0 Å². The molecule has 0 spiro atoms. The molecule has 1 aliphatic rings. The summed E-state index contributed by atoms with van der Waals surface area (Å²) in [7, 11) is -2.29. The molecular formula is C9H16BF2NO2. The highest BCUT2D eigenvalue weighted by Crippen LogP contribution is 2.18. The van der Waals surface area contributed by atoms with E-state index in [-0.39, 0.29) is 18.3 Å². The monoisotopic (exact) mass is 219 g/mol. The van der Waals surface area contributed by atoms with Crippen molar-refractivity contribution >= 4 is 13.2 Å². The molecule has 1 rings (SSSR count). The van der Waals surface area contributed by atoms with Gasteiger partial charge in [-0.15, -0.1) is 0 Å². The average molecular weight is 219 g/mol. The largest absolute Gasteiger partial charge is 0.551 e. The van der Waals surface area contributed by atoms with E-state index >= 15 is 0 Å². The lowest BCUT2D eigenvalue weighted by molar-refractivity contribution is -0.149. The van der Waals surface area contributed by atoms with Crippen molar-refractivity contribution in [3.8, 4) is 0 Å². The van der Waals surface area contributed by atoms with Gasteiger partial charge >= 0.3 is 13.2 Å². The molecule has 15 heavy (non-hydrogen) atoms. The summed E-state index contributed by atoms with van der Waals surface area (Å²) < 4.78 is 29.0. The van der Waals surface area contributed by atoms with Crippen molar-refractivity contribution in [2.45, 2.75) is 19.8 Å². The van der Waals surface area contributed by atoms with Crippen LogP contribution in [0.1, 0.15) is 19.8 Å². The standard InChI is InChI=1S/C9H16BF2NO2/c1-2-15-9(14)8-3-5-13(6-4-8)7-10(11)12/h8H,2-7H2,1H3. The summed E-state index contributed by atoms with van der Waals surface area (Å²) in [6.45, 7) is 3.28. The van der Waals surface area contributed by atoms with Crippen molar-refractivity contribution in [1.82, 2.24) is 4.90 Å². The minimum atomic E-state index is -2.29. The van der Waals surface area contributed by atoms with Crippen molar-refractivity contribution in [3.05, 3.63) is 0 Å². The zero-order valence-corrected chi connectivity index (χ0v) is 8.92. The lowest BCUT2D eigenvalue weighted by Gasteiger charge is -2.29. The third-order valence-electron chi connectivity index (χ3n) is 2.60. The molecule has 1 heterocycles. The number of nitrogens with zero attached hydrogens (tertiary/aromatic N) is 1. The lowest BCUT2D eigenvalue weighted by atomic mass is 9.92. The number of carbonyl (C=O) groups is 1. The Bertz CT molecular complexity index is 208. The highest BCUT2D eigenvalue weighted by atomic mass is 19.2. The van der Waals surface area contributed by atoms with Gasteiger partial charge in [0.2, 0.25) is 0 Å². The number of rotatable bonds is 4. The second-order valence-corrected chi connectivity index (χ2v) is 3.72. The molecule has 0 aliphatic carbocycles. The van der Waals surface area contributed by atoms with E-state index in [1.807, 2.05) is 0 Å². The van der Waals surface area contributed by atoms with E-state index in [4.69, 9.17) is 4.74 Å². The van der Waals surface area contributed by atoms with Gasteiger partial charge in [-0.3, -0.25) is 13.4 Å². The van der Waals surface area contributed by atoms with Crippen LogP contribution in [0.3, 0.4) is 0 Å². The first-order chi connectivity index (χ1) is 7.13. The van der Waals surface area contributed by atoms with Gasteiger partial charge in [-0.1, -0.05) is 0 Å². The molecule has 6 heteroatoms. The number of halogens is 2. The smallest absolute Gasteiger partial charge is 0.466 e. The predicted octanol–water partition coefficient (Wildman–Crippen LogP) is 1.23. The Morgan fingerprint density at radius 1 is 1.47 bits per heavy atom. The van der Waals surface area contributed by atoms with Gasteiger partial charge < -0.3 is 9.64 Å². The fraction of sp³-hybridized carbons (Fsp3) is 0.889. The Morgan fingerprint density at radius 2 is 2.07 bits per heavy atom. The normalized spacial score (nSPS) is 18.9. The van der Waals surface area contributed by atoms with Gasteiger partial charge in [0.05, 0.1) is 12.5 Å². The van der Waals surface area contributed by atoms with Crippen LogP contribution in [0, 0.1) is 5.92 Å². The third-order valence-corrected chi connectivity index (χ3v) is 2.60. The molecule has 0 atom stereocenters. The first-order valence-corrected chi connectivity index (χ1v) is 5.30. The van der Waals surface area contributed by atoms with Gasteiger partial charge in [-0.05, 0) is 32.9 Å². The zero-order chi connectivity index (χ0) is 11.3. The average Bonchev–Trinajstić information content (AvgIpc) is 2.18. The van der Waals surface area contributed by atoms with Crippen LogP contribution in [-0.4, -0.2) is 44.3 Å². The Balaban J connectivity index is 2.26. The van der Waals surface area contributed by atoms with E-state index in [1.165, 1.54) is 0 Å². The molecule has 0 N–H and O–H groups in total. The number of carbonyl (C=O) groups excluding carboxylic acids is 1. The van der Waals surface area contributed by atoms with Gasteiger partial charge in [-0.2, -0.15) is 0 Å². The molecular weight excluding hydrogens is 203 g/mol. The van der Waals surface area contributed by atoms with Crippen LogP contribution in [0.25, 0.3) is 0 Å². The topological polar surface area (TPSA) is 29.5 Å². The highest BCUT2D eigenvalue weighted by Gasteiger charge is 2.28. The Kier molecular flexibility index (Phi) is 5.01. The molecule has 1 fully saturated rings. The van der Waals surface area contributed by atoms with Crippen LogP contribution in [-0.2, 0) is 9.53 Å². The first-order valence-electron chi connectivity index (χ1n) is 5.30. The van der Waals surface area contributed by atoms with Crippen LogP contribution in [0.15, 0.2) is 0 Å². The summed E-state index contributed by atoms with van der Waals surface area (Å²) in [5.41, 5.74) is 0. The minimum absolute atomic E-state index is 0.0983. The maximum Gasteiger partial charge on any atom is 0.551 e. The van der Waals surface area contributed by atoms with Crippen LogP contribution >= 0.6 is 0 Å². The summed E-state index contributed by atoms with van der Waals surface area (Å²) in [6.07, 6.45) is 1.08. The molecule has 0 aromatic carbocycles. The van der Waals surface area contributed by atoms with Gasteiger partial charge in [0, 0.05) is 6.44 Å². The van der Waals surface area contributed by atoms with E-state index in [2.05, 4.69) is 0 Å². The summed E-state index contributed by atoms with van der Waals surface area (Å²) >= 11 is 0. The van der Waals surface area contributed by atoms with Crippen molar-refractivity contribution in [2.75, 3.05) is 26.1 Å². The molecule has 86 valence electrons. The molecule has 0 unspecified atom stereocenters. The maximum atomic E-state index is 12.1.